The van der Waals surface area contributed by atoms with E-state index < -0.39 is 0 Å². The number of nitrogens with zero attached hydrogens (tertiary/aromatic N) is 4. The van der Waals surface area contributed by atoms with Crippen LogP contribution in [-0.2, 0) is 16.1 Å². The number of likely N-dealkylation sites (tertiary alicyclic amines) is 2. The summed E-state index contributed by atoms with van der Waals surface area (Å²) in [5, 5.41) is 3.90. The van der Waals surface area contributed by atoms with Gasteiger partial charge in [0.1, 0.15) is 12.0 Å². The van der Waals surface area contributed by atoms with Crippen LogP contribution < -0.4 is 0 Å². The van der Waals surface area contributed by atoms with E-state index in [1.165, 1.54) is 6.26 Å². The fraction of sp³-hybridized carbons (Fsp3) is 0.750. The van der Waals surface area contributed by atoms with Gasteiger partial charge in [-0.3, -0.25) is 14.5 Å². The fourth-order valence-electron chi connectivity index (χ4n) is 4.53. The highest BCUT2D eigenvalue weighted by Crippen LogP contribution is 2.32. The van der Waals surface area contributed by atoms with E-state index in [1.807, 2.05) is 7.05 Å². The molecular weight excluding hydrogens is 344 g/mol. The average Bonchev–Trinajstić information content (AvgIpc) is 3.44. The van der Waals surface area contributed by atoms with Crippen LogP contribution in [0.2, 0.25) is 0 Å². The van der Waals surface area contributed by atoms with Crippen LogP contribution in [0.25, 0.3) is 0 Å². The molecule has 148 valence electrons. The van der Waals surface area contributed by atoms with Crippen LogP contribution >= 0.6 is 0 Å². The molecule has 2 aliphatic heterocycles. The lowest BCUT2D eigenvalue weighted by Gasteiger charge is -2.42. The molecule has 0 radical (unpaired) electrons. The maximum Gasteiger partial charge on any atom is 0.227 e. The Morgan fingerprint density at radius 3 is 2.59 bits per heavy atom. The molecule has 1 aliphatic carbocycles. The van der Waals surface area contributed by atoms with Gasteiger partial charge in [0, 0.05) is 44.7 Å². The molecule has 0 N–H and O–H groups in total. The summed E-state index contributed by atoms with van der Waals surface area (Å²) in [4.78, 5) is 31.4. The summed E-state index contributed by atoms with van der Waals surface area (Å²) in [6.07, 6.45) is 7.79. The second kappa shape index (κ2) is 8.00. The van der Waals surface area contributed by atoms with Crippen LogP contribution in [-0.4, -0.2) is 70.9 Å². The Hall–Kier alpha value is -1.89. The lowest BCUT2D eigenvalue weighted by atomic mass is 9.92. The maximum atomic E-state index is 12.9. The summed E-state index contributed by atoms with van der Waals surface area (Å²) in [5.41, 5.74) is 0.784. The molecule has 7 heteroatoms. The summed E-state index contributed by atoms with van der Waals surface area (Å²) in [7, 11) is 1.85. The molecule has 27 heavy (non-hydrogen) atoms. The lowest BCUT2D eigenvalue weighted by Crippen LogP contribution is -2.51. The number of hydrogen-bond donors (Lipinski definition) is 0. The van der Waals surface area contributed by atoms with Gasteiger partial charge in [-0.15, -0.1) is 0 Å². The third kappa shape index (κ3) is 4.34. The molecule has 1 unspecified atom stereocenters. The Morgan fingerprint density at radius 2 is 1.93 bits per heavy atom. The van der Waals surface area contributed by atoms with Gasteiger partial charge in [0.05, 0.1) is 12.5 Å². The van der Waals surface area contributed by atoms with Crippen molar-refractivity contribution >= 4 is 11.8 Å². The highest BCUT2D eigenvalue weighted by molar-refractivity contribution is 5.81. The topological polar surface area (TPSA) is 69.9 Å². The molecule has 1 aromatic rings. The molecule has 7 nitrogen and oxygen atoms in total. The van der Waals surface area contributed by atoms with E-state index in [-0.39, 0.29) is 11.8 Å². The van der Waals surface area contributed by atoms with Gasteiger partial charge in [0.15, 0.2) is 0 Å². The van der Waals surface area contributed by atoms with E-state index in [0.29, 0.717) is 24.4 Å². The third-order valence-corrected chi connectivity index (χ3v) is 6.29. The van der Waals surface area contributed by atoms with Crippen molar-refractivity contribution in [1.29, 1.82) is 0 Å². The summed E-state index contributed by atoms with van der Waals surface area (Å²) in [6.45, 7) is 4.15. The summed E-state index contributed by atoms with van der Waals surface area (Å²) in [5.74, 6) is 0.944. The second-order valence-electron chi connectivity index (χ2n) is 8.35. The average molecular weight is 374 g/mol. The predicted octanol–water partition coefficient (Wildman–Crippen LogP) is 1.75. The van der Waals surface area contributed by atoms with E-state index in [9.17, 15) is 9.59 Å². The minimum Gasteiger partial charge on any atom is -0.364 e. The highest BCUT2D eigenvalue weighted by atomic mass is 16.5. The first-order chi connectivity index (χ1) is 13.1. The first kappa shape index (κ1) is 18.5. The van der Waals surface area contributed by atoms with Gasteiger partial charge in [0.25, 0.3) is 0 Å². The number of piperidine rings is 2. The Kier molecular flexibility index (Phi) is 5.48. The molecule has 0 spiro atoms. The van der Waals surface area contributed by atoms with Gasteiger partial charge in [-0.25, -0.2) is 0 Å². The zero-order valence-corrected chi connectivity index (χ0v) is 16.2. The number of carbonyl (C=O) groups is 2. The van der Waals surface area contributed by atoms with Crippen molar-refractivity contribution in [1.82, 2.24) is 19.9 Å². The largest absolute Gasteiger partial charge is 0.364 e. The number of carbonyl (C=O) groups excluding carboxylic acids is 2. The molecule has 0 aromatic carbocycles. The van der Waals surface area contributed by atoms with Crippen LogP contribution in [0.1, 0.15) is 44.2 Å². The summed E-state index contributed by atoms with van der Waals surface area (Å²) >= 11 is 0. The van der Waals surface area contributed by atoms with Crippen LogP contribution in [0.15, 0.2) is 16.9 Å². The molecule has 2 saturated heterocycles. The molecule has 2 amide bonds. The Balaban J connectivity index is 1.27. The van der Waals surface area contributed by atoms with Crippen LogP contribution in [0, 0.1) is 11.8 Å². The van der Waals surface area contributed by atoms with Gasteiger partial charge in [-0.1, -0.05) is 5.16 Å². The van der Waals surface area contributed by atoms with E-state index in [0.717, 1.165) is 70.4 Å². The second-order valence-corrected chi connectivity index (χ2v) is 8.35. The lowest BCUT2D eigenvalue weighted by molar-refractivity contribution is -0.137. The highest BCUT2D eigenvalue weighted by Gasteiger charge is 2.37. The standard InChI is InChI=1S/C20H30N4O3/c1-22(14-17-8-12-27-21-17)19(25)16-3-2-9-24(13-16)18-6-10-23(11-7-18)20(26)15-4-5-15/h8,12,15-16,18H,2-7,9-11,13-14H2,1H3. The van der Waals surface area contributed by atoms with Crippen molar-refractivity contribution in [2.45, 2.75) is 51.1 Å². The van der Waals surface area contributed by atoms with E-state index in [4.69, 9.17) is 4.52 Å². The molecule has 3 aliphatic rings. The first-order valence-corrected chi connectivity index (χ1v) is 10.3. The maximum absolute atomic E-state index is 12.9. The van der Waals surface area contributed by atoms with Crippen molar-refractivity contribution < 1.29 is 14.1 Å². The smallest absolute Gasteiger partial charge is 0.227 e. The Morgan fingerprint density at radius 1 is 1.15 bits per heavy atom. The normalized spacial score (nSPS) is 24.8. The molecule has 1 aromatic heterocycles. The summed E-state index contributed by atoms with van der Waals surface area (Å²) in [6, 6.07) is 2.30. The molecule has 0 bridgehead atoms. The summed E-state index contributed by atoms with van der Waals surface area (Å²) < 4.78 is 4.86. The minimum atomic E-state index is 0.0572. The molecule has 3 heterocycles. The fourth-order valence-corrected chi connectivity index (χ4v) is 4.53. The number of aromatic nitrogens is 1. The van der Waals surface area contributed by atoms with Gasteiger partial charge >= 0.3 is 0 Å². The zero-order valence-electron chi connectivity index (χ0n) is 16.2. The molecule has 1 atom stereocenters. The van der Waals surface area contributed by atoms with Crippen molar-refractivity contribution in [2.24, 2.45) is 11.8 Å². The van der Waals surface area contributed by atoms with E-state index >= 15 is 0 Å². The van der Waals surface area contributed by atoms with Gasteiger partial charge < -0.3 is 14.3 Å². The minimum absolute atomic E-state index is 0.0572. The monoisotopic (exact) mass is 374 g/mol. The van der Waals surface area contributed by atoms with Crippen LogP contribution in [0.4, 0.5) is 0 Å². The number of rotatable bonds is 5. The molecule has 3 fully saturated rings. The van der Waals surface area contributed by atoms with Gasteiger partial charge in [-0.05, 0) is 45.1 Å². The van der Waals surface area contributed by atoms with Crippen molar-refractivity contribution in [3.63, 3.8) is 0 Å². The SMILES string of the molecule is CN(Cc1ccon1)C(=O)C1CCCN(C2CCN(C(=O)C3CC3)CC2)C1. The van der Waals surface area contributed by atoms with Gasteiger partial charge in [-0.2, -0.15) is 0 Å². The van der Waals surface area contributed by atoms with Crippen molar-refractivity contribution in [3.05, 3.63) is 18.0 Å². The zero-order chi connectivity index (χ0) is 18.8. The van der Waals surface area contributed by atoms with Crippen LogP contribution in [0.5, 0.6) is 0 Å². The van der Waals surface area contributed by atoms with Crippen molar-refractivity contribution in [2.75, 3.05) is 33.2 Å². The molecular formula is C20H30N4O3. The van der Waals surface area contributed by atoms with Gasteiger partial charge in [0.2, 0.25) is 11.8 Å². The van der Waals surface area contributed by atoms with E-state index in [1.54, 1.807) is 11.0 Å². The molecule has 4 rings (SSSR count). The first-order valence-electron chi connectivity index (χ1n) is 10.3. The van der Waals surface area contributed by atoms with Crippen LogP contribution in [0.3, 0.4) is 0 Å². The van der Waals surface area contributed by atoms with E-state index in [2.05, 4.69) is 15.0 Å². The Labute approximate surface area is 160 Å². The molecule has 1 saturated carbocycles. The number of amides is 2. The number of hydrogen-bond acceptors (Lipinski definition) is 5. The quantitative estimate of drug-likeness (QED) is 0.785. The third-order valence-electron chi connectivity index (χ3n) is 6.29. The predicted molar refractivity (Wildman–Crippen MR) is 99.6 cm³/mol. The Bertz CT molecular complexity index is 650. The van der Waals surface area contributed by atoms with Crippen molar-refractivity contribution in [3.8, 4) is 0 Å².